The molecule has 4 nitrogen and oxygen atoms in total. The lowest BCUT2D eigenvalue weighted by atomic mass is 10.0. The summed E-state index contributed by atoms with van der Waals surface area (Å²) in [6.07, 6.45) is 0.748. The average Bonchev–Trinajstić information content (AvgIpc) is 2.77. The molecule has 0 aliphatic rings. The summed E-state index contributed by atoms with van der Waals surface area (Å²) < 4.78 is 11.3. The Kier molecular flexibility index (Phi) is 7.36. The van der Waals surface area contributed by atoms with Crippen LogP contribution >= 0.6 is 11.6 Å². The first-order valence-electron chi connectivity index (χ1n) is 9.93. The lowest BCUT2D eigenvalue weighted by Gasteiger charge is -2.20. The number of hydrogen-bond acceptors (Lipinski definition) is 3. The van der Waals surface area contributed by atoms with Crippen LogP contribution in [0.4, 0.5) is 0 Å². The maximum Gasteiger partial charge on any atom is 0.255 e. The molecule has 0 heterocycles. The summed E-state index contributed by atoms with van der Waals surface area (Å²) in [5.41, 5.74) is 3.50. The van der Waals surface area contributed by atoms with E-state index in [0.29, 0.717) is 22.9 Å². The molecule has 0 aliphatic heterocycles. The maximum atomic E-state index is 13.1. The molecule has 0 spiro atoms. The standard InChI is InChI=1S/C25H26ClNO3/c1-4-22(19-10-12-23(29-3)17(2)14-19)27-25(28)21-15-20(26)11-13-24(21)30-16-18-8-6-5-7-9-18/h5-15,22H,4,16H2,1-3H3,(H,27,28). The number of methoxy groups -OCH3 is 1. The van der Waals surface area contributed by atoms with Crippen molar-refractivity contribution >= 4 is 17.5 Å². The molecular weight excluding hydrogens is 398 g/mol. The fraction of sp³-hybridized carbons (Fsp3) is 0.240. The van der Waals surface area contributed by atoms with Crippen molar-refractivity contribution in [2.24, 2.45) is 0 Å². The van der Waals surface area contributed by atoms with Crippen molar-refractivity contribution in [3.8, 4) is 11.5 Å². The minimum absolute atomic E-state index is 0.136. The van der Waals surface area contributed by atoms with Crippen LogP contribution in [0.3, 0.4) is 0 Å². The SMILES string of the molecule is CCC(NC(=O)c1cc(Cl)ccc1OCc1ccccc1)c1ccc(OC)c(C)c1. The molecule has 0 saturated heterocycles. The summed E-state index contributed by atoms with van der Waals surface area (Å²) in [7, 11) is 1.65. The number of amides is 1. The molecule has 1 atom stereocenters. The Labute approximate surface area is 182 Å². The van der Waals surface area contributed by atoms with Gasteiger partial charge in [-0.05, 0) is 54.3 Å². The fourth-order valence-electron chi connectivity index (χ4n) is 3.32. The second-order valence-electron chi connectivity index (χ2n) is 7.08. The number of hydrogen-bond donors (Lipinski definition) is 1. The largest absolute Gasteiger partial charge is 0.496 e. The molecule has 156 valence electrons. The van der Waals surface area contributed by atoms with Crippen molar-refractivity contribution in [1.82, 2.24) is 5.32 Å². The van der Waals surface area contributed by atoms with Gasteiger partial charge in [0.15, 0.2) is 0 Å². The summed E-state index contributed by atoms with van der Waals surface area (Å²) in [4.78, 5) is 13.1. The Morgan fingerprint density at radius 2 is 1.77 bits per heavy atom. The zero-order valence-electron chi connectivity index (χ0n) is 17.4. The molecule has 3 aromatic carbocycles. The van der Waals surface area contributed by atoms with Gasteiger partial charge in [0, 0.05) is 5.02 Å². The zero-order valence-corrected chi connectivity index (χ0v) is 18.2. The van der Waals surface area contributed by atoms with E-state index in [9.17, 15) is 4.79 Å². The van der Waals surface area contributed by atoms with Gasteiger partial charge in [-0.15, -0.1) is 0 Å². The Morgan fingerprint density at radius 3 is 2.43 bits per heavy atom. The molecular formula is C25H26ClNO3. The molecule has 0 aliphatic carbocycles. The molecule has 3 rings (SSSR count). The predicted molar refractivity (Wildman–Crippen MR) is 120 cm³/mol. The fourth-order valence-corrected chi connectivity index (χ4v) is 3.49. The van der Waals surface area contributed by atoms with Crippen LogP contribution in [0.1, 0.15) is 46.4 Å². The Balaban J connectivity index is 1.79. The molecule has 0 aromatic heterocycles. The number of nitrogens with one attached hydrogen (secondary N) is 1. The lowest BCUT2D eigenvalue weighted by Crippen LogP contribution is -2.28. The van der Waals surface area contributed by atoms with Crippen molar-refractivity contribution < 1.29 is 14.3 Å². The third-order valence-electron chi connectivity index (χ3n) is 4.96. The highest BCUT2D eigenvalue weighted by Gasteiger charge is 2.19. The van der Waals surface area contributed by atoms with Crippen LogP contribution in [0.15, 0.2) is 66.7 Å². The number of ether oxygens (including phenoxy) is 2. The minimum Gasteiger partial charge on any atom is -0.496 e. The van der Waals surface area contributed by atoms with Crippen LogP contribution in [0.25, 0.3) is 0 Å². The van der Waals surface area contributed by atoms with Crippen LogP contribution in [-0.4, -0.2) is 13.0 Å². The summed E-state index contributed by atoms with van der Waals surface area (Å²) in [6.45, 7) is 4.40. The summed E-state index contributed by atoms with van der Waals surface area (Å²) in [5, 5.41) is 3.60. The second-order valence-corrected chi connectivity index (χ2v) is 7.51. The van der Waals surface area contributed by atoms with Crippen LogP contribution in [0.2, 0.25) is 5.02 Å². The summed E-state index contributed by atoms with van der Waals surface area (Å²) in [5.74, 6) is 1.11. The van der Waals surface area contributed by atoms with Gasteiger partial charge >= 0.3 is 0 Å². The Bertz CT molecular complexity index is 1000. The molecule has 3 aromatic rings. The van der Waals surface area contributed by atoms with E-state index in [1.807, 2.05) is 62.4 Å². The normalized spacial score (nSPS) is 11.6. The number of carbonyl (C=O) groups excluding carboxylic acids is 1. The van der Waals surface area contributed by atoms with Gasteiger partial charge in [-0.3, -0.25) is 4.79 Å². The zero-order chi connectivity index (χ0) is 21.5. The Morgan fingerprint density at radius 1 is 1.03 bits per heavy atom. The predicted octanol–water partition coefficient (Wildman–Crippen LogP) is 6.12. The van der Waals surface area contributed by atoms with E-state index in [0.717, 1.165) is 28.9 Å². The van der Waals surface area contributed by atoms with Gasteiger partial charge in [0.2, 0.25) is 0 Å². The van der Waals surface area contributed by atoms with Gasteiger partial charge in [-0.2, -0.15) is 0 Å². The molecule has 30 heavy (non-hydrogen) atoms. The molecule has 0 fully saturated rings. The van der Waals surface area contributed by atoms with Gasteiger partial charge < -0.3 is 14.8 Å². The van der Waals surface area contributed by atoms with Crippen molar-refractivity contribution in [3.63, 3.8) is 0 Å². The van der Waals surface area contributed by atoms with Gasteiger partial charge in [0.1, 0.15) is 18.1 Å². The van der Waals surface area contributed by atoms with Crippen molar-refractivity contribution in [1.29, 1.82) is 0 Å². The summed E-state index contributed by atoms with van der Waals surface area (Å²) >= 11 is 6.17. The van der Waals surface area contributed by atoms with E-state index >= 15 is 0 Å². The smallest absolute Gasteiger partial charge is 0.255 e. The van der Waals surface area contributed by atoms with Gasteiger partial charge in [-0.1, -0.05) is 61.0 Å². The van der Waals surface area contributed by atoms with Crippen LogP contribution in [0, 0.1) is 6.92 Å². The maximum absolute atomic E-state index is 13.1. The third-order valence-corrected chi connectivity index (χ3v) is 5.19. The van der Waals surface area contributed by atoms with E-state index in [4.69, 9.17) is 21.1 Å². The Hall–Kier alpha value is -2.98. The summed E-state index contributed by atoms with van der Waals surface area (Å²) in [6, 6.07) is 20.7. The molecule has 1 unspecified atom stereocenters. The van der Waals surface area contributed by atoms with Crippen molar-refractivity contribution in [2.45, 2.75) is 32.9 Å². The van der Waals surface area contributed by atoms with Crippen LogP contribution < -0.4 is 14.8 Å². The van der Waals surface area contributed by atoms with E-state index in [1.165, 1.54) is 0 Å². The highest BCUT2D eigenvalue weighted by Crippen LogP contribution is 2.27. The third kappa shape index (κ3) is 5.33. The average molecular weight is 424 g/mol. The lowest BCUT2D eigenvalue weighted by molar-refractivity contribution is 0.0931. The highest BCUT2D eigenvalue weighted by molar-refractivity contribution is 6.31. The van der Waals surface area contributed by atoms with Gasteiger partial charge in [0.05, 0.1) is 18.7 Å². The van der Waals surface area contributed by atoms with E-state index in [1.54, 1.807) is 25.3 Å². The first kappa shape index (κ1) is 21.7. The first-order chi connectivity index (χ1) is 14.5. The van der Waals surface area contributed by atoms with Crippen molar-refractivity contribution in [2.75, 3.05) is 7.11 Å². The molecule has 1 amide bonds. The quantitative estimate of drug-likeness (QED) is 0.475. The second kappa shape index (κ2) is 10.2. The number of carbonyl (C=O) groups is 1. The molecule has 0 saturated carbocycles. The van der Waals surface area contributed by atoms with Gasteiger partial charge in [-0.25, -0.2) is 0 Å². The number of rotatable bonds is 8. The van der Waals surface area contributed by atoms with Crippen molar-refractivity contribution in [3.05, 3.63) is 94.0 Å². The molecule has 0 bridgehead atoms. The van der Waals surface area contributed by atoms with Crippen LogP contribution in [0.5, 0.6) is 11.5 Å². The van der Waals surface area contributed by atoms with E-state index in [2.05, 4.69) is 5.32 Å². The highest BCUT2D eigenvalue weighted by atomic mass is 35.5. The van der Waals surface area contributed by atoms with E-state index < -0.39 is 0 Å². The van der Waals surface area contributed by atoms with Gasteiger partial charge in [0.25, 0.3) is 5.91 Å². The first-order valence-corrected chi connectivity index (χ1v) is 10.3. The van der Waals surface area contributed by atoms with E-state index in [-0.39, 0.29) is 11.9 Å². The monoisotopic (exact) mass is 423 g/mol. The molecule has 1 N–H and O–H groups in total. The minimum atomic E-state index is -0.221. The molecule has 0 radical (unpaired) electrons. The van der Waals surface area contributed by atoms with Crippen LogP contribution in [-0.2, 0) is 6.61 Å². The number of aryl methyl sites for hydroxylation is 1. The molecule has 5 heteroatoms. The number of halogens is 1. The topological polar surface area (TPSA) is 47.6 Å². The number of benzene rings is 3.